The molecular formula is C16H21N3O3. The molecule has 22 heavy (non-hydrogen) atoms. The number of aliphatic hydroxyl groups is 1. The molecule has 2 aromatic rings. The highest BCUT2D eigenvalue weighted by Crippen LogP contribution is 2.20. The van der Waals surface area contributed by atoms with Gasteiger partial charge in [-0.1, -0.05) is 18.2 Å². The van der Waals surface area contributed by atoms with E-state index in [1.165, 1.54) is 0 Å². The van der Waals surface area contributed by atoms with Gasteiger partial charge in [0.15, 0.2) is 0 Å². The standard InChI is InChI=1S/C16H21N3O3/c17-16(21)11-19-6-5-18(8-13(20)9-19)10-14-7-12-3-1-2-4-15(12)22-14/h1-4,7,13,20H,5-6,8-11H2,(H2,17,21)/t13-/m0/s1. The first-order chi connectivity index (χ1) is 10.6. The van der Waals surface area contributed by atoms with E-state index in [2.05, 4.69) is 4.90 Å². The van der Waals surface area contributed by atoms with Crippen molar-refractivity contribution in [3.8, 4) is 0 Å². The van der Waals surface area contributed by atoms with Gasteiger partial charge in [0.1, 0.15) is 11.3 Å². The molecule has 3 N–H and O–H groups in total. The van der Waals surface area contributed by atoms with Gasteiger partial charge in [0, 0.05) is 31.6 Å². The molecule has 1 aromatic heterocycles. The van der Waals surface area contributed by atoms with Crippen LogP contribution in [0.2, 0.25) is 0 Å². The van der Waals surface area contributed by atoms with Crippen LogP contribution in [0.4, 0.5) is 0 Å². The lowest BCUT2D eigenvalue weighted by molar-refractivity contribution is -0.119. The topological polar surface area (TPSA) is 82.9 Å². The zero-order valence-electron chi connectivity index (χ0n) is 12.4. The van der Waals surface area contributed by atoms with Crippen molar-refractivity contribution in [1.82, 2.24) is 9.80 Å². The van der Waals surface area contributed by atoms with E-state index in [-0.39, 0.29) is 12.5 Å². The molecule has 118 valence electrons. The Balaban J connectivity index is 1.65. The van der Waals surface area contributed by atoms with Crippen molar-refractivity contribution in [2.24, 2.45) is 5.73 Å². The largest absolute Gasteiger partial charge is 0.460 e. The highest BCUT2D eigenvalue weighted by molar-refractivity contribution is 5.77. The lowest BCUT2D eigenvalue weighted by atomic mass is 10.2. The molecule has 1 fully saturated rings. The number of nitrogens with zero attached hydrogens (tertiary/aromatic N) is 2. The number of hydrogen-bond acceptors (Lipinski definition) is 5. The Morgan fingerprint density at radius 3 is 2.77 bits per heavy atom. The summed E-state index contributed by atoms with van der Waals surface area (Å²) in [7, 11) is 0. The summed E-state index contributed by atoms with van der Waals surface area (Å²) in [6.07, 6.45) is -0.494. The SMILES string of the molecule is NC(=O)CN1CCN(Cc2cc3ccccc3o2)C[C@H](O)C1. The molecule has 3 rings (SSSR count). The Morgan fingerprint density at radius 1 is 1.27 bits per heavy atom. The molecular weight excluding hydrogens is 282 g/mol. The minimum Gasteiger partial charge on any atom is -0.460 e. The van der Waals surface area contributed by atoms with Crippen molar-refractivity contribution >= 4 is 16.9 Å². The average molecular weight is 303 g/mol. The number of benzene rings is 1. The summed E-state index contributed by atoms with van der Waals surface area (Å²) in [6.45, 7) is 3.35. The molecule has 0 saturated carbocycles. The monoisotopic (exact) mass is 303 g/mol. The number of primary amides is 1. The third-order valence-corrected chi connectivity index (χ3v) is 3.91. The predicted octanol–water partition coefficient (Wildman–Crippen LogP) is 0.397. The van der Waals surface area contributed by atoms with Crippen molar-refractivity contribution < 1.29 is 14.3 Å². The predicted molar refractivity (Wildman–Crippen MR) is 83.1 cm³/mol. The summed E-state index contributed by atoms with van der Waals surface area (Å²) >= 11 is 0. The van der Waals surface area contributed by atoms with E-state index in [0.717, 1.165) is 23.3 Å². The fraction of sp³-hybridized carbons (Fsp3) is 0.438. The van der Waals surface area contributed by atoms with Gasteiger partial charge in [0.2, 0.25) is 5.91 Å². The Labute approximate surface area is 129 Å². The van der Waals surface area contributed by atoms with Gasteiger partial charge in [-0.15, -0.1) is 0 Å². The zero-order valence-corrected chi connectivity index (χ0v) is 12.4. The number of amides is 1. The summed E-state index contributed by atoms with van der Waals surface area (Å²) in [5.41, 5.74) is 6.11. The second-order valence-corrected chi connectivity index (χ2v) is 5.84. The van der Waals surface area contributed by atoms with Gasteiger partial charge in [-0.05, 0) is 12.1 Å². The number of carbonyl (C=O) groups excluding carboxylic acids is 1. The molecule has 6 heteroatoms. The van der Waals surface area contributed by atoms with E-state index in [1.54, 1.807) is 0 Å². The molecule has 1 aromatic carbocycles. The normalized spacial score (nSPS) is 21.0. The van der Waals surface area contributed by atoms with E-state index >= 15 is 0 Å². The number of β-amino-alcohol motifs (C(OH)–C–C–N with tert-alkyl or cyclic N) is 1. The number of carbonyl (C=O) groups is 1. The molecule has 0 unspecified atom stereocenters. The number of fused-ring (bicyclic) bond motifs is 1. The van der Waals surface area contributed by atoms with Crippen LogP contribution in [0.15, 0.2) is 34.7 Å². The summed E-state index contributed by atoms with van der Waals surface area (Å²) in [4.78, 5) is 15.1. The highest BCUT2D eigenvalue weighted by Gasteiger charge is 2.22. The Hall–Kier alpha value is -1.89. The van der Waals surface area contributed by atoms with Crippen molar-refractivity contribution in [1.29, 1.82) is 0 Å². The molecule has 0 spiro atoms. The van der Waals surface area contributed by atoms with Gasteiger partial charge in [-0.3, -0.25) is 14.6 Å². The van der Waals surface area contributed by atoms with Gasteiger partial charge in [-0.2, -0.15) is 0 Å². The average Bonchev–Trinajstić information content (AvgIpc) is 2.77. The third kappa shape index (κ3) is 3.65. The van der Waals surface area contributed by atoms with Gasteiger partial charge in [-0.25, -0.2) is 0 Å². The van der Waals surface area contributed by atoms with Crippen LogP contribution < -0.4 is 5.73 Å². The van der Waals surface area contributed by atoms with Gasteiger partial charge in [0.05, 0.1) is 19.2 Å². The molecule has 1 aliphatic heterocycles. The molecule has 1 atom stereocenters. The summed E-state index contributed by atoms with van der Waals surface area (Å²) in [5, 5.41) is 11.2. The number of hydrogen-bond donors (Lipinski definition) is 2. The molecule has 0 aliphatic carbocycles. The van der Waals surface area contributed by atoms with Crippen LogP contribution in [-0.4, -0.2) is 59.6 Å². The van der Waals surface area contributed by atoms with Crippen molar-refractivity contribution in [2.75, 3.05) is 32.7 Å². The van der Waals surface area contributed by atoms with Crippen LogP contribution in [0.3, 0.4) is 0 Å². The molecule has 1 saturated heterocycles. The first-order valence-electron chi connectivity index (χ1n) is 7.48. The second kappa shape index (κ2) is 6.48. The maximum absolute atomic E-state index is 11.0. The van der Waals surface area contributed by atoms with E-state index in [1.807, 2.05) is 35.2 Å². The highest BCUT2D eigenvalue weighted by atomic mass is 16.3. The van der Waals surface area contributed by atoms with Crippen molar-refractivity contribution in [2.45, 2.75) is 12.6 Å². The number of rotatable bonds is 4. The Bertz CT molecular complexity index is 622. The zero-order chi connectivity index (χ0) is 15.5. The van der Waals surface area contributed by atoms with Gasteiger partial charge < -0.3 is 15.3 Å². The molecule has 0 radical (unpaired) electrons. The van der Waals surface area contributed by atoms with E-state index in [9.17, 15) is 9.90 Å². The van der Waals surface area contributed by atoms with Crippen LogP contribution in [0, 0.1) is 0 Å². The fourth-order valence-corrected chi connectivity index (χ4v) is 2.96. The van der Waals surface area contributed by atoms with Crippen LogP contribution in [-0.2, 0) is 11.3 Å². The van der Waals surface area contributed by atoms with Crippen LogP contribution in [0.5, 0.6) is 0 Å². The van der Waals surface area contributed by atoms with E-state index in [0.29, 0.717) is 26.2 Å². The number of aliphatic hydroxyl groups excluding tert-OH is 1. The van der Waals surface area contributed by atoms with Crippen molar-refractivity contribution in [3.05, 3.63) is 36.1 Å². The summed E-state index contributed by atoms with van der Waals surface area (Å²) < 4.78 is 5.83. The first-order valence-corrected chi connectivity index (χ1v) is 7.48. The van der Waals surface area contributed by atoms with Gasteiger partial charge >= 0.3 is 0 Å². The Morgan fingerprint density at radius 2 is 2.00 bits per heavy atom. The van der Waals surface area contributed by atoms with Crippen LogP contribution in [0.1, 0.15) is 5.76 Å². The molecule has 0 bridgehead atoms. The molecule has 1 amide bonds. The number of para-hydroxylation sites is 1. The first kappa shape index (κ1) is 15.0. The number of nitrogens with two attached hydrogens (primary N) is 1. The van der Waals surface area contributed by atoms with Crippen LogP contribution in [0.25, 0.3) is 11.0 Å². The maximum Gasteiger partial charge on any atom is 0.231 e. The van der Waals surface area contributed by atoms with Crippen molar-refractivity contribution in [3.63, 3.8) is 0 Å². The summed E-state index contributed by atoms with van der Waals surface area (Å²) in [6, 6.07) is 9.94. The van der Waals surface area contributed by atoms with Crippen LogP contribution >= 0.6 is 0 Å². The minimum absolute atomic E-state index is 0.190. The van der Waals surface area contributed by atoms with E-state index < -0.39 is 6.10 Å². The lowest BCUT2D eigenvalue weighted by Gasteiger charge is -2.19. The molecule has 6 nitrogen and oxygen atoms in total. The van der Waals surface area contributed by atoms with Gasteiger partial charge in [0.25, 0.3) is 0 Å². The Kier molecular flexibility index (Phi) is 4.42. The quantitative estimate of drug-likeness (QED) is 0.854. The third-order valence-electron chi connectivity index (χ3n) is 3.91. The molecule has 2 heterocycles. The smallest absolute Gasteiger partial charge is 0.231 e. The van der Waals surface area contributed by atoms with E-state index in [4.69, 9.17) is 10.2 Å². The second-order valence-electron chi connectivity index (χ2n) is 5.84. The lowest BCUT2D eigenvalue weighted by Crippen LogP contribution is -2.38. The molecule has 1 aliphatic rings. The summed E-state index contributed by atoms with van der Waals surface area (Å²) in [5.74, 6) is 0.523. The minimum atomic E-state index is -0.494. The number of furan rings is 1. The fourth-order valence-electron chi connectivity index (χ4n) is 2.96. The maximum atomic E-state index is 11.0.